The van der Waals surface area contributed by atoms with Gasteiger partial charge in [-0.15, -0.1) is 0 Å². The smallest absolute Gasteiger partial charge is 0.125 e. The molecule has 2 aromatic rings. The molecule has 1 unspecified atom stereocenters. The first-order valence-electron chi connectivity index (χ1n) is 8.00. The molecule has 1 aliphatic carbocycles. The second-order valence-corrected chi connectivity index (χ2v) is 7.98. The normalized spacial score (nSPS) is 19.6. The molecular weight excluding hydrogens is 299 g/mol. The van der Waals surface area contributed by atoms with Crippen molar-refractivity contribution in [2.75, 3.05) is 13.1 Å². The lowest BCUT2D eigenvalue weighted by Gasteiger charge is -2.27. The average molecular weight is 318 g/mol. The summed E-state index contributed by atoms with van der Waals surface area (Å²) in [5.74, 6) is 1.08. The molecule has 0 bridgehead atoms. The maximum atomic E-state index is 4.65. The first-order valence-corrected chi connectivity index (χ1v) is 9.41. The maximum absolute atomic E-state index is 4.65. The highest BCUT2D eigenvalue weighted by atomic mass is 31.1. The Kier molecular flexibility index (Phi) is 4.08. The fourth-order valence-corrected chi connectivity index (χ4v) is 5.83. The summed E-state index contributed by atoms with van der Waals surface area (Å²) in [6, 6.07) is 21.8. The molecule has 1 aliphatic heterocycles. The van der Waals surface area contributed by atoms with E-state index in [4.69, 9.17) is 0 Å². The summed E-state index contributed by atoms with van der Waals surface area (Å²) in [6.07, 6.45) is 6.75. The predicted octanol–water partition coefficient (Wildman–Crippen LogP) is 2.99. The van der Waals surface area contributed by atoms with E-state index in [0.29, 0.717) is 5.66 Å². The number of hydrogen-bond donors (Lipinski definition) is 1. The molecule has 2 nitrogen and oxygen atoms in total. The Morgan fingerprint density at radius 2 is 1.57 bits per heavy atom. The van der Waals surface area contributed by atoms with E-state index in [1.54, 1.807) is 0 Å². The van der Waals surface area contributed by atoms with Crippen LogP contribution < -0.4 is 15.9 Å². The Bertz CT molecular complexity index is 723. The second kappa shape index (κ2) is 6.52. The fraction of sp³-hybridized carbons (Fsp3) is 0.150. The van der Waals surface area contributed by atoms with Gasteiger partial charge >= 0.3 is 0 Å². The molecule has 23 heavy (non-hydrogen) atoms. The number of rotatable bonds is 4. The van der Waals surface area contributed by atoms with E-state index in [-0.39, 0.29) is 0 Å². The van der Waals surface area contributed by atoms with E-state index in [9.17, 15) is 0 Å². The van der Waals surface area contributed by atoms with Crippen LogP contribution in [0.5, 0.6) is 0 Å². The van der Waals surface area contributed by atoms with Gasteiger partial charge < -0.3 is 5.32 Å². The molecule has 0 spiro atoms. The van der Waals surface area contributed by atoms with Crippen LogP contribution in [0.4, 0.5) is 0 Å². The molecule has 0 radical (unpaired) electrons. The summed E-state index contributed by atoms with van der Waals surface area (Å²) in [5.41, 5.74) is 1.72. The van der Waals surface area contributed by atoms with Gasteiger partial charge in [0.05, 0.1) is 6.54 Å². The molecule has 1 N–H and O–H groups in total. The van der Waals surface area contributed by atoms with Crippen LogP contribution in [0.25, 0.3) is 0 Å². The van der Waals surface area contributed by atoms with Crippen molar-refractivity contribution < 1.29 is 0 Å². The second-order valence-electron chi connectivity index (χ2n) is 5.65. The van der Waals surface area contributed by atoms with Crippen molar-refractivity contribution in [3.8, 4) is 0 Å². The van der Waals surface area contributed by atoms with E-state index >= 15 is 0 Å². The Morgan fingerprint density at radius 1 is 0.913 bits per heavy atom. The standard InChI is InChI=1S/C20H19N2P/c1-3-8-16(9-4-1)23(17-10-5-2-6-11-17)19-13-7-12-18(19)20-21-14-15-22-20/h1-13,19H,14-15H2,(H,21,22). The van der Waals surface area contributed by atoms with Gasteiger partial charge in [-0.3, -0.25) is 4.99 Å². The van der Waals surface area contributed by atoms with Gasteiger partial charge in [-0.1, -0.05) is 78.9 Å². The summed E-state index contributed by atoms with van der Waals surface area (Å²) in [7, 11) is -0.483. The van der Waals surface area contributed by atoms with Crippen molar-refractivity contribution in [1.29, 1.82) is 0 Å². The minimum atomic E-state index is -0.483. The number of amidine groups is 1. The zero-order valence-electron chi connectivity index (χ0n) is 12.9. The van der Waals surface area contributed by atoms with Gasteiger partial charge in [0.2, 0.25) is 0 Å². The summed E-state index contributed by atoms with van der Waals surface area (Å²) in [6.45, 7) is 1.84. The van der Waals surface area contributed by atoms with Crippen molar-refractivity contribution in [2.24, 2.45) is 4.99 Å². The zero-order valence-corrected chi connectivity index (χ0v) is 13.8. The number of hydrogen-bond acceptors (Lipinski definition) is 2. The van der Waals surface area contributed by atoms with Crippen molar-refractivity contribution in [1.82, 2.24) is 5.32 Å². The molecule has 2 aliphatic rings. The SMILES string of the molecule is C1=CC(P(c2ccccc2)c2ccccc2)C(C2=NCCN2)=C1. The molecule has 0 saturated heterocycles. The Hall–Kier alpha value is -2.18. The molecule has 0 amide bonds. The minimum Gasteiger partial charge on any atom is -0.368 e. The number of benzene rings is 2. The molecule has 2 aromatic carbocycles. The number of nitrogens with one attached hydrogen (secondary N) is 1. The third-order valence-electron chi connectivity index (χ3n) is 4.18. The van der Waals surface area contributed by atoms with E-state index in [2.05, 4.69) is 89.2 Å². The predicted molar refractivity (Wildman–Crippen MR) is 100 cm³/mol. The third kappa shape index (κ3) is 2.87. The number of nitrogens with zero attached hydrogens (tertiary/aromatic N) is 1. The molecule has 0 saturated carbocycles. The van der Waals surface area contributed by atoms with Crippen LogP contribution in [0.3, 0.4) is 0 Å². The van der Waals surface area contributed by atoms with Gasteiger partial charge in [-0.25, -0.2) is 0 Å². The van der Waals surface area contributed by atoms with Crippen LogP contribution >= 0.6 is 7.92 Å². The molecule has 3 heteroatoms. The van der Waals surface area contributed by atoms with Crippen LogP contribution in [0.1, 0.15) is 0 Å². The zero-order chi connectivity index (χ0) is 15.5. The highest BCUT2D eigenvalue weighted by Gasteiger charge is 2.30. The van der Waals surface area contributed by atoms with Crippen LogP contribution in [0.2, 0.25) is 0 Å². The van der Waals surface area contributed by atoms with Gasteiger partial charge in [-0.05, 0) is 18.5 Å². The van der Waals surface area contributed by atoms with Gasteiger partial charge in [0.1, 0.15) is 5.84 Å². The van der Waals surface area contributed by atoms with Gasteiger partial charge in [0, 0.05) is 17.8 Å². The lowest BCUT2D eigenvalue weighted by Crippen LogP contribution is -2.28. The lowest BCUT2D eigenvalue weighted by molar-refractivity contribution is 0.958. The Balaban J connectivity index is 1.77. The highest BCUT2D eigenvalue weighted by Crippen LogP contribution is 2.45. The summed E-state index contributed by atoms with van der Waals surface area (Å²) >= 11 is 0. The van der Waals surface area contributed by atoms with E-state index < -0.39 is 7.92 Å². The number of aliphatic imine (C=N–C) groups is 1. The minimum absolute atomic E-state index is 0.388. The summed E-state index contributed by atoms with van der Waals surface area (Å²) in [4.78, 5) is 4.65. The maximum Gasteiger partial charge on any atom is 0.125 e. The molecular formula is C20H19N2P. The Morgan fingerprint density at radius 3 is 2.13 bits per heavy atom. The topological polar surface area (TPSA) is 24.4 Å². The number of allylic oxidation sites excluding steroid dienone is 3. The molecule has 4 rings (SSSR count). The Labute approximate surface area is 138 Å². The van der Waals surface area contributed by atoms with Gasteiger partial charge in [-0.2, -0.15) is 0 Å². The van der Waals surface area contributed by atoms with Crippen molar-refractivity contribution in [3.63, 3.8) is 0 Å². The quantitative estimate of drug-likeness (QED) is 0.861. The average Bonchev–Trinajstić information content (AvgIpc) is 3.28. The molecule has 1 atom stereocenters. The van der Waals surface area contributed by atoms with E-state index in [1.807, 2.05) is 0 Å². The summed E-state index contributed by atoms with van der Waals surface area (Å²) < 4.78 is 0. The first kappa shape index (κ1) is 14.4. The van der Waals surface area contributed by atoms with Gasteiger partial charge in [0.25, 0.3) is 0 Å². The van der Waals surface area contributed by atoms with Crippen LogP contribution in [0.15, 0.2) is 89.5 Å². The van der Waals surface area contributed by atoms with E-state index in [0.717, 1.165) is 18.9 Å². The van der Waals surface area contributed by atoms with Gasteiger partial charge in [0.15, 0.2) is 0 Å². The van der Waals surface area contributed by atoms with E-state index in [1.165, 1.54) is 16.2 Å². The fourth-order valence-electron chi connectivity index (χ4n) is 3.15. The van der Waals surface area contributed by atoms with Crippen LogP contribution in [-0.4, -0.2) is 24.6 Å². The molecule has 0 fully saturated rings. The van der Waals surface area contributed by atoms with Crippen molar-refractivity contribution in [2.45, 2.75) is 5.66 Å². The molecule has 0 aromatic heterocycles. The van der Waals surface area contributed by atoms with Crippen molar-refractivity contribution >= 4 is 24.4 Å². The molecule has 1 heterocycles. The monoisotopic (exact) mass is 318 g/mol. The third-order valence-corrected chi connectivity index (χ3v) is 6.90. The van der Waals surface area contributed by atoms with Crippen LogP contribution in [-0.2, 0) is 0 Å². The van der Waals surface area contributed by atoms with Crippen LogP contribution in [0, 0.1) is 0 Å². The first-order chi connectivity index (χ1) is 11.4. The molecule has 114 valence electrons. The van der Waals surface area contributed by atoms with Crippen molar-refractivity contribution in [3.05, 3.63) is 84.5 Å². The largest absolute Gasteiger partial charge is 0.368 e. The lowest BCUT2D eigenvalue weighted by atomic mass is 10.2. The summed E-state index contributed by atoms with van der Waals surface area (Å²) in [5, 5.41) is 6.26. The highest BCUT2D eigenvalue weighted by molar-refractivity contribution is 7.74.